The van der Waals surface area contributed by atoms with Gasteiger partial charge in [0.05, 0.1) is 0 Å². The van der Waals surface area contributed by atoms with Gasteiger partial charge in [-0.25, -0.2) is 0 Å². The van der Waals surface area contributed by atoms with Crippen molar-refractivity contribution in [3.8, 4) is 0 Å². The van der Waals surface area contributed by atoms with E-state index in [0.717, 1.165) is 11.9 Å². The molecule has 0 amide bonds. The van der Waals surface area contributed by atoms with Crippen molar-refractivity contribution in [3.05, 3.63) is 23.9 Å². The molecule has 1 rings (SSSR count). The van der Waals surface area contributed by atoms with Gasteiger partial charge in [-0.15, -0.1) is 0 Å². The SMILES string of the molecule is CN1C=CC(CBr)=CC1. The van der Waals surface area contributed by atoms with E-state index in [0.29, 0.717) is 0 Å². The van der Waals surface area contributed by atoms with Gasteiger partial charge in [-0.2, -0.15) is 0 Å². The van der Waals surface area contributed by atoms with Crippen LogP contribution in [0.2, 0.25) is 0 Å². The molecule has 0 unspecified atom stereocenters. The molecule has 50 valence electrons. The lowest BCUT2D eigenvalue weighted by molar-refractivity contribution is 0.502. The zero-order chi connectivity index (χ0) is 6.69. The Balaban J connectivity index is 2.52. The molecule has 2 heteroatoms. The lowest BCUT2D eigenvalue weighted by Crippen LogP contribution is -2.13. The van der Waals surface area contributed by atoms with E-state index in [9.17, 15) is 0 Å². The van der Waals surface area contributed by atoms with Gasteiger partial charge in [-0.05, 0) is 17.8 Å². The Bertz CT molecular complexity index is 149. The molecule has 1 aliphatic heterocycles. The maximum Gasteiger partial charge on any atom is 0.0356 e. The topological polar surface area (TPSA) is 3.24 Å². The fourth-order valence-corrected chi connectivity index (χ4v) is 1.13. The van der Waals surface area contributed by atoms with Crippen LogP contribution in [0.3, 0.4) is 0 Å². The third kappa shape index (κ3) is 1.86. The number of allylic oxidation sites excluding steroid dienone is 2. The molecular weight excluding hydrogens is 178 g/mol. The molecule has 0 radical (unpaired) electrons. The number of likely N-dealkylation sites (N-methyl/N-ethyl adjacent to an activating group) is 1. The Morgan fingerprint density at radius 3 is 3.00 bits per heavy atom. The van der Waals surface area contributed by atoms with Crippen molar-refractivity contribution >= 4 is 15.9 Å². The smallest absolute Gasteiger partial charge is 0.0356 e. The highest BCUT2D eigenvalue weighted by Gasteiger charge is 1.96. The second-order valence-corrected chi connectivity index (χ2v) is 2.73. The van der Waals surface area contributed by atoms with Crippen molar-refractivity contribution in [2.75, 3.05) is 18.9 Å². The first-order chi connectivity index (χ1) is 4.33. The van der Waals surface area contributed by atoms with Crippen LogP contribution in [0.1, 0.15) is 0 Å². The summed E-state index contributed by atoms with van der Waals surface area (Å²) in [5.74, 6) is 0. The Morgan fingerprint density at radius 2 is 2.56 bits per heavy atom. The Labute approximate surface area is 64.2 Å². The average molecular weight is 188 g/mol. The maximum absolute atomic E-state index is 3.39. The van der Waals surface area contributed by atoms with Gasteiger partial charge in [0.25, 0.3) is 0 Å². The van der Waals surface area contributed by atoms with Gasteiger partial charge in [0, 0.05) is 18.9 Å². The lowest BCUT2D eigenvalue weighted by Gasteiger charge is -2.15. The molecule has 0 fully saturated rings. The predicted octanol–water partition coefficient (Wildman–Crippen LogP) is 1.77. The summed E-state index contributed by atoms with van der Waals surface area (Å²) in [5, 5.41) is 0.970. The molecule has 0 aromatic carbocycles. The highest BCUT2D eigenvalue weighted by Crippen LogP contribution is 2.06. The van der Waals surface area contributed by atoms with E-state index < -0.39 is 0 Å². The lowest BCUT2D eigenvalue weighted by atomic mass is 10.2. The largest absolute Gasteiger partial charge is 0.377 e. The second-order valence-electron chi connectivity index (χ2n) is 2.17. The summed E-state index contributed by atoms with van der Waals surface area (Å²) < 4.78 is 0. The normalized spacial score (nSPS) is 18.0. The van der Waals surface area contributed by atoms with Crippen molar-refractivity contribution in [2.24, 2.45) is 0 Å². The van der Waals surface area contributed by atoms with E-state index in [2.05, 4.69) is 46.2 Å². The highest BCUT2D eigenvalue weighted by atomic mass is 79.9. The van der Waals surface area contributed by atoms with Crippen LogP contribution in [0, 0.1) is 0 Å². The van der Waals surface area contributed by atoms with E-state index in [-0.39, 0.29) is 0 Å². The summed E-state index contributed by atoms with van der Waals surface area (Å²) in [4.78, 5) is 2.14. The van der Waals surface area contributed by atoms with Gasteiger partial charge >= 0.3 is 0 Å². The first-order valence-electron chi connectivity index (χ1n) is 2.96. The van der Waals surface area contributed by atoms with Crippen LogP contribution in [0.15, 0.2) is 23.9 Å². The minimum absolute atomic E-state index is 0.970. The molecule has 0 atom stereocenters. The number of halogens is 1. The fraction of sp³-hybridized carbons (Fsp3) is 0.429. The summed E-state index contributed by atoms with van der Waals surface area (Å²) >= 11 is 3.39. The quantitative estimate of drug-likeness (QED) is 0.567. The monoisotopic (exact) mass is 187 g/mol. The van der Waals surface area contributed by atoms with Gasteiger partial charge < -0.3 is 4.90 Å². The molecule has 0 bridgehead atoms. The number of hydrogen-bond donors (Lipinski definition) is 0. The van der Waals surface area contributed by atoms with Crippen molar-refractivity contribution in [1.82, 2.24) is 4.90 Å². The molecule has 1 aliphatic rings. The summed E-state index contributed by atoms with van der Waals surface area (Å²) in [6.45, 7) is 1.04. The van der Waals surface area contributed by atoms with Crippen molar-refractivity contribution in [3.63, 3.8) is 0 Å². The summed E-state index contributed by atoms with van der Waals surface area (Å²) in [7, 11) is 2.07. The van der Waals surface area contributed by atoms with Crippen molar-refractivity contribution in [2.45, 2.75) is 0 Å². The van der Waals surface area contributed by atoms with Gasteiger partial charge in [-0.1, -0.05) is 22.0 Å². The molecule has 0 saturated carbocycles. The van der Waals surface area contributed by atoms with E-state index >= 15 is 0 Å². The highest BCUT2D eigenvalue weighted by molar-refractivity contribution is 9.09. The summed E-state index contributed by atoms with van der Waals surface area (Å²) in [5.41, 5.74) is 1.37. The molecule has 0 spiro atoms. The van der Waals surface area contributed by atoms with Crippen LogP contribution in [0.4, 0.5) is 0 Å². The third-order valence-corrected chi connectivity index (χ3v) is 1.99. The Hall–Kier alpha value is -0.240. The fourth-order valence-electron chi connectivity index (χ4n) is 0.712. The van der Waals surface area contributed by atoms with Crippen LogP contribution in [-0.4, -0.2) is 23.8 Å². The second kappa shape index (κ2) is 3.06. The van der Waals surface area contributed by atoms with Gasteiger partial charge in [-0.3, -0.25) is 0 Å². The van der Waals surface area contributed by atoms with Crippen molar-refractivity contribution in [1.29, 1.82) is 0 Å². The predicted molar refractivity (Wildman–Crippen MR) is 43.6 cm³/mol. The number of rotatable bonds is 1. The van der Waals surface area contributed by atoms with Crippen molar-refractivity contribution < 1.29 is 0 Å². The van der Waals surface area contributed by atoms with Crippen LogP contribution < -0.4 is 0 Å². The molecule has 0 N–H and O–H groups in total. The average Bonchev–Trinajstić information content (AvgIpc) is 1.90. The molecular formula is C7H10BrN. The Morgan fingerprint density at radius 1 is 1.78 bits per heavy atom. The Kier molecular flexibility index (Phi) is 2.34. The van der Waals surface area contributed by atoms with E-state index in [1.165, 1.54) is 5.57 Å². The summed E-state index contributed by atoms with van der Waals surface area (Å²) in [6.07, 6.45) is 6.43. The molecule has 0 aromatic heterocycles. The van der Waals surface area contributed by atoms with E-state index in [4.69, 9.17) is 0 Å². The van der Waals surface area contributed by atoms with Gasteiger partial charge in [0.2, 0.25) is 0 Å². The number of hydrogen-bond acceptors (Lipinski definition) is 1. The number of alkyl halides is 1. The minimum Gasteiger partial charge on any atom is -0.377 e. The molecule has 9 heavy (non-hydrogen) atoms. The maximum atomic E-state index is 3.39. The molecule has 0 saturated heterocycles. The zero-order valence-corrected chi connectivity index (χ0v) is 7.06. The van der Waals surface area contributed by atoms with Gasteiger partial charge in [0.15, 0.2) is 0 Å². The first-order valence-corrected chi connectivity index (χ1v) is 4.08. The molecule has 1 heterocycles. The summed E-state index contributed by atoms with van der Waals surface area (Å²) in [6, 6.07) is 0. The van der Waals surface area contributed by atoms with E-state index in [1.807, 2.05) is 0 Å². The van der Waals surface area contributed by atoms with Gasteiger partial charge in [0.1, 0.15) is 0 Å². The molecule has 1 nitrogen and oxygen atoms in total. The third-order valence-electron chi connectivity index (χ3n) is 1.34. The van der Waals surface area contributed by atoms with Crippen LogP contribution in [-0.2, 0) is 0 Å². The number of nitrogens with zero attached hydrogens (tertiary/aromatic N) is 1. The minimum atomic E-state index is 0.970. The van der Waals surface area contributed by atoms with E-state index in [1.54, 1.807) is 0 Å². The zero-order valence-electron chi connectivity index (χ0n) is 5.47. The molecule has 0 aromatic rings. The first kappa shape index (κ1) is 6.87. The van der Waals surface area contributed by atoms with Crippen LogP contribution in [0.5, 0.6) is 0 Å². The standard InChI is InChI=1S/C7H10BrN/c1-9-4-2-7(6-8)3-5-9/h2-4H,5-6H2,1H3. The molecule has 0 aliphatic carbocycles. The van der Waals surface area contributed by atoms with Crippen LogP contribution >= 0.6 is 15.9 Å². The van der Waals surface area contributed by atoms with Crippen LogP contribution in [0.25, 0.3) is 0 Å².